The van der Waals surface area contributed by atoms with Crippen molar-refractivity contribution >= 4 is 18.1 Å². The zero-order valence-electron chi connectivity index (χ0n) is 14.3. The van der Waals surface area contributed by atoms with Crippen molar-refractivity contribution in [1.82, 2.24) is 9.80 Å². The number of amides is 2. The minimum Gasteiger partial charge on any atom is -0.340 e. The van der Waals surface area contributed by atoms with Crippen molar-refractivity contribution in [2.75, 3.05) is 26.2 Å². The summed E-state index contributed by atoms with van der Waals surface area (Å²) in [5.74, 6) is -0.272. The maximum Gasteiger partial charge on any atom is 0.227 e. The molecule has 130 valence electrons. The molecule has 0 aliphatic carbocycles. The standard InChI is InChI=1S/C17H22N2O3.C2H4/c1-2-16(21)18-8-9-19(12-15(11-18)13-20)17(22)10-14-6-4-3-5-7-14;1-2/h3-7,13,15H,2,8-12H2,1H3;1-2H2. The molecule has 0 saturated carbocycles. The number of hydrogen-bond acceptors (Lipinski definition) is 3. The largest absolute Gasteiger partial charge is 0.340 e. The predicted octanol–water partition coefficient (Wildman–Crippen LogP) is 1.93. The van der Waals surface area contributed by atoms with Gasteiger partial charge in [0.05, 0.1) is 6.42 Å². The van der Waals surface area contributed by atoms with Crippen LogP contribution in [0.5, 0.6) is 0 Å². The third kappa shape index (κ3) is 5.65. The van der Waals surface area contributed by atoms with Gasteiger partial charge in [-0.25, -0.2) is 0 Å². The van der Waals surface area contributed by atoms with E-state index in [9.17, 15) is 14.4 Å². The van der Waals surface area contributed by atoms with E-state index in [1.165, 1.54) is 0 Å². The molecule has 1 aliphatic rings. The lowest BCUT2D eigenvalue weighted by Crippen LogP contribution is -2.37. The summed E-state index contributed by atoms with van der Waals surface area (Å²) in [6.45, 7) is 9.59. The smallest absolute Gasteiger partial charge is 0.227 e. The topological polar surface area (TPSA) is 57.7 Å². The lowest BCUT2D eigenvalue weighted by Gasteiger charge is -2.22. The second-order valence-electron chi connectivity index (χ2n) is 5.59. The fourth-order valence-electron chi connectivity index (χ4n) is 2.69. The highest BCUT2D eigenvalue weighted by Gasteiger charge is 2.27. The molecule has 1 aliphatic heterocycles. The Morgan fingerprint density at radius 1 is 1.08 bits per heavy atom. The molecule has 5 nitrogen and oxygen atoms in total. The average molecular weight is 330 g/mol. The third-order valence-corrected chi connectivity index (χ3v) is 3.95. The van der Waals surface area contributed by atoms with E-state index >= 15 is 0 Å². The average Bonchev–Trinajstić information content (AvgIpc) is 2.86. The number of hydrogen-bond donors (Lipinski definition) is 0. The Balaban J connectivity index is 0.00000139. The van der Waals surface area contributed by atoms with Crippen LogP contribution in [0.3, 0.4) is 0 Å². The third-order valence-electron chi connectivity index (χ3n) is 3.95. The summed E-state index contributed by atoms with van der Waals surface area (Å²) in [6.07, 6.45) is 1.60. The summed E-state index contributed by atoms with van der Waals surface area (Å²) < 4.78 is 0. The molecule has 1 aromatic carbocycles. The van der Waals surface area contributed by atoms with Gasteiger partial charge < -0.3 is 14.6 Å². The summed E-state index contributed by atoms with van der Waals surface area (Å²) >= 11 is 0. The van der Waals surface area contributed by atoms with E-state index in [1.54, 1.807) is 9.80 Å². The van der Waals surface area contributed by atoms with Crippen molar-refractivity contribution in [3.63, 3.8) is 0 Å². The molecule has 1 saturated heterocycles. The summed E-state index contributed by atoms with van der Waals surface area (Å²) in [5, 5.41) is 0. The van der Waals surface area contributed by atoms with Crippen molar-refractivity contribution in [2.45, 2.75) is 19.8 Å². The normalized spacial score (nSPS) is 17.3. The van der Waals surface area contributed by atoms with Gasteiger partial charge in [0, 0.05) is 38.5 Å². The van der Waals surface area contributed by atoms with Crippen molar-refractivity contribution in [1.29, 1.82) is 0 Å². The Morgan fingerprint density at radius 3 is 2.12 bits per heavy atom. The molecule has 2 rings (SSSR count). The number of benzene rings is 1. The molecular weight excluding hydrogens is 304 g/mol. The molecule has 0 radical (unpaired) electrons. The van der Waals surface area contributed by atoms with Gasteiger partial charge in [0.15, 0.2) is 0 Å². The van der Waals surface area contributed by atoms with Crippen molar-refractivity contribution in [3.8, 4) is 0 Å². The van der Waals surface area contributed by atoms with Crippen LogP contribution >= 0.6 is 0 Å². The monoisotopic (exact) mass is 330 g/mol. The van der Waals surface area contributed by atoms with Crippen LogP contribution in [0.4, 0.5) is 0 Å². The SMILES string of the molecule is C=C.CCC(=O)N1CCN(C(=O)Cc2ccccc2)CC(C=O)C1. The lowest BCUT2D eigenvalue weighted by molar-refractivity contribution is -0.133. The van der Waals surface area contributed by atoms with Crippen molar-refractivity contribution < 1.29 is 14.4 Å². The predicted molar refractivity (Wildman–Crippen MR) is 94.4 cm³/mol. The molecule has 0 aromatic heterocycles. The van der Waals surface area contributed by atoms with Gasteiger partial charge in [-0.05, 0) is 5.56 Å². The van der Waals surface area contributed by atoms with E-state index in [1.807, 2.05) is 37.3 Å². The van der Waals surface area contributed by atoms with Crippen LogP contribution in [0, 0.1) is 5.92 Å². The van der Waals surface area contributed by atoms with E-state index in [0.29, 0.717) is 39.0 Å². The first-order valence-corrected chi connectivity index (χ1v) is 8.18. The molecule has 1 unspecified atom stereocenters. The highest BCUT2D eigenvalue weighted by molar-refractivity contribution is 5.80. The molecule has 1 fully saturated rings. The first-order chi connectivity index (χ1) is 11.6. The molecule has 2 amide bonds. The highest BCUT2D eigenvalue weighted by atomic mass is 16.2. The fraction of sp³-hybridized carbons (Fsp3) is 0.421. The molecule has 1 heterocycles. The van der Waals surface area contributed by atoms with Crippen LogP contribution in [0.2, 0.25) is 0 Å². The van der Waals surface area contributed by atoms with Crippen LogP contribution in [0.15, 0.2) is 43.5 Å². The Labute approximate surface area is 143 Å². The quantitative estimate of drug-likeness (QED) is 0.626. The molecule has 1 atom stereocenters. The van der Waals surface area contributed by atoms with Crippen LogP contribution < -0.4 is 0 Å². The van der Waals surface area contributed by atoms with Gasteiger partial charge >= 0.3 is 0 Å². The number of carbonyl (C=O) groups excluding carboxylic acids is 3. The molecule has 0 N–H and O–H groups in total. The summed E-state index contributed by atoms with van der Waals surface area (Å²) in [7, 11) is 0. The summed E-state index contributed by atoms with van der Waals surface area (Å²) in [6, 6.07) is 9.55. The van der Waals surface area contributed by atoms with Crippen molar-refractivity contribution in [3.05, 3.63) is 49.1 Å². The molecule has 0 spiro atoms. The summed E-state index contributed by atoms with van der Waals surface area (Å²) in [4.78, 5) is 38.9. The maximum atomic E-state index is 12.4. The first-order valence-electron chi connectivity index (χ1n) is 8.18. The van der Waals surface area contributed by atoms with E-state index in [0.717, 1.165) is 11.8 Å². The van der Waals surface area contributed by atoms with Gasteiger partial charge in [0.25, 0.3) is 0 Å². The Bertz CT molecular complexity index is 545. The number of rotatable bonds is 4. The Hall–Kier alpha value is -2.43. The number of nitrogens with zero attached hydrogens (tertiary/aromatic N) is 2. The Kier molecular flexibility index (Phi) is 8.47. The second kappa shape index (κ2) is 10.4. The maximum absolute atomic E-state index is 12.4. The molecular formula is C19H26N2O3. The van der Waals surface area contributed by atoms with E-state index < -0.39 is 0 Å². The van der Waals surface area contributed by atoms with E-state index in [2.05, 4.69) is 13.2 Å². The number of carbonyl (C=O) groups is 3. The van der Waals surface area contributed by atoms with E-state index in [-0.39, 0.29) is 17.7 Å². The van der Waals surface area contributed by atoms with Crippen LogP contribution in [0.1, 0.15) is 18.9 Å². The van der Waals surface area contributed by atoms with Gasteiger partial charge in [-0.3, -0.25) is 9.59 Å². The molecule has 1 aromatic rings. The van der Waals surface area contributed by atoms with Gasteiger partial charge in [-0.15, -0.1) is 13.2 Å². The minimum atomic E-state index is -0.308. The van der Waals surface area contributed by atoms with Gasteiger partial charge in [0.2, 0.25) is 11.8 Å². The summed E-state index contributed by atoms with van der Waals surface area (Å²) in [5.41, 5.74) is 0.959. The first kappa shape index (κ1) is 19.6. The Morgan fingerprint density at radius 2 is 1.62 bits per heavy atom. The van der Waals surface area contributed by atoms with E-state index in [4.69, 9.17) is 0 Å². The van der Waals surface area contributed by atoms with Gasteiger partial charge in [-0.2, -0.15) is 0 Å². The lowest BCUT2D eigenvalue weighted by atomic mass is 10.1. The second-order valence-corrected chi connectivity index (χ2v) is 5.59. The van der Waals surface area contributed by atoms with Crippen LogP contribution in [-0.4, -0.2) is 54.1 Å². The molecule has 5 heteroatoms. The van der Waals surface area contributed by atoms with Gasteiger partial charge in [0.1, 0.15) is 6.29 Å². The van der Waals surface area contributed by atoms with Crippen molar-refractivity contribution in [2.24, 2.45) is 5.92 Å². The van der Waals surface area contributed by atoms with Crippen LogP contribution in [-0.2, 0) is 20.8 Å². The van der Waals surface area contributed by atoms with Crippen LogP contribution in [0.25, 0.3) is 0 Å². The minimum absolute atomic E-state index is 0.00356. The molecule has 0 bridgehead atoms. The molecule has 24 heavy (non-hydrogen) atoms. The fourth-order valence-corrected chi connectivity index (χ4v) is 2.69. The number of aldehydes is 1. The zero-order valence-corrected chi connectivity index (χ0v) is 14.3. The highest BCUT2D eigenvalue weighted by Crippen LogP contribution is 2.11. The zero-order chi connectivity index (χ0) is 17.9. The van der Waals surface area contributed by atoms with Gasteiger partial charge in [-0.1, -0.05) is 37.3 Å².